The summed E-state index contributed by atoms with van der Waals surface area (Å²) in [5.41, 5.74) is 5.54. The first-order valence-corrected chi connectivity index (χ1v) is 5.80. The first kappa shape index (κ1) is 13.6. The van der Waals surface area contributed by atoms with E-state index in [9.17, 15) is 8.78 Å². The van der Waals surface area contributed by atoms with E-state index < -0.39 is 11.6 Å². The summed E-state index contributed by atoms with van der Waals surface area (Å²) in [5.74, 6) is -1.49. The van der Waals surface area contributed by atoms with Crippen LogP contribution < -0.4 is 11.1 Å². The van der Waals surface area contributed by atoms with Gasteiger partial charge in [-0.05, 0) is 6.07 Å². The fraction of sp³-hybridized carbons (Fsp3) is 0. The van der Waals surface area contributed by atoms with Gasteiger partial charge in [0.05, 0.1) is 10.7 Å². The van der Waals surface area contributed by atoms with Crippen LogP contribution in [0, 0.1) is 11.6 Å². The Labute approximate surface area is 117 Å². The lowest BCUT2D eigenvalue weighted by Crippen LogP contribution is -2.15. The number of thiocarbonyl (C=S) groups is 1. The highest BCUT2D eigenvalue weighted by Gasteiger charge is 2.14. The molecule has 0 radical (unpaired) electrons. The highest BCUT2D eigenvalue weighted by Crippen LogP contribution is 2.29. The van der Waals surface area contributed by atoms with Gasteiger partial charge >= 0.3 is 0 Å². The summed E-state index contributed by atoms with van der Waals surface area (Å²) >= 11 is 10.6. The van der Waals surface area contributed by atoms with E-state index in [1.807, 2.05) is 0 Å². The first-order valence-electron chi connectivity index (χ1n) is 5.01. The molecule has 4 nitrogen and oxygen atoms in total. The van der Waals surface area contributed by atoms with Crippen molar-refractivity contribution < 1.29 is 8.78 Å². The Morgan fingerprint density at radius 3 is 2.58 bits per heavy atom. The van der Waals surface area contributed by atoms with Crippen molar-refractivity contribution in [1.29, 1.82) is 0 Å². The lowest BCUT2D eigenvalue weighted by atomic mass is 10.3. The third-order valence-electron chi connectivity index (χ3n) is 2.18. The van der Waals surface area contributed by atoms with Gasteiger partial charge in [0.1, 0.15) is 16.5 Å². The first-order chi connectivity index (χ1) is 8.99. The van der Waals surface area contributed by atoms with Gasteiger partial charge in [-0.1, -0.05) is 23.8 Å². The van der Waals surface area contributed by atoms with E-state index >= 15 is 0 Å². The van der Waals surface area contributed by atoms with E-state index in [2.05, 4.69) is 15.3 Å². The molecule has 0 amide bonds. The zero-order valence-electron chi connectivity index (χ0n) is 9.32. The van der Waals surface area contributed by atoms with Crippen LogP contribution >= 0.6 is 23.8 Å². The van der Waals surface area contributed by atoms with Gasteiger partial charge in [0.15, 0.2) is 11.6 Å². The van der Waals surface area contributed by atoms with Crippen LogP contribution in [0.15, 0.2) is 24.5 Å². The Balaban J connectivity index is 2.45. The second-order valence-corrected chi connectivity index (χ2v) is 4.33. The van der Waals surface area contributed by atoms with Gasteiger partial charge in [0.25, 0.3) is 0 Å². The molecule has 0 fully saturated rings. The molecule has 98 valence electrons. The molecule has 0 bridgehead atoms. The lowest BCUT2D eigenvalue weighted by molar-refractivity contribution is 0.586. The molecular formula is C11H7ClF2N4S. The molecule has 0 saturated heterocycles. The molecule has 0 atom stereocenters. The van der Waals surface area contributed by atoms with Crippen LogP contribution in [0.5, 0.6) is 0 Å². The van der Waals surface area contributed by atoms with Gasteiger partial charge in [-0.2, -0.15) is 0 Å². The smallest absolute Gasteiger partial charge is 0.159 e. The Morgan fingerprint density at radius 2 is 1.95 bits per heavy atom. The largest absolute Gasteiger partial charge is 0.388 e. The van der Waals surface area contributed by atoms with Gasteiger partial charge in [-0.15, -0.1) is 0 Å². The molecule has 0 unspecified atom stereocenters. The molecular weight excluding hydrogens is 294 g/mol. The molecule has 1 aromatic carbocycles. The van der Waals surface area contributed by atoms with Crippen LogP contribution in [0.4, 0.5) is 20.3 Å². The van der Waals surface area contributed by atoms with Crippen LogP contribution in [0.2, 0.25) is 5.02 Å². The molecule has 8 heteroatoms. The number of anilines is 2. The molecule has 1 heterocycles. The molecule has 3 N–H and O–H groups in total. The van der Waals surface area contributed by atoms with E-state index in [0.29, 0.717) is 6.07 Å². The highest BCUT2D eigenvalue weighted by molar-refractivity contribution is 7.80. The predicted octanol–water partition coefficient (Wildman–Crippen LogP) is 2.79. The maximum absolute atomic E-state index is 13.6. The Hall–Kier alpha value is -1.86. The molecule has 0 spiro atoms. The van der Waals surface area contributed by atoms with Crippen molar-refractivity contribution in [3.63, 3.8) is 0 Å². The monoisotopic (exact) mass is 300 g/mol. The normalized spacial score (nSPS) is 10.3. The second-order valence-electron chi connectivity index (χ2n) is 3.49. The van der Waals surface area contributed by atoms with E-state index in [1.54, 1.807) is 0 Å². The Morgan fingerprint density at radius 1 is 1.26 bits per heavy atom. The van der Waals surface area contributed by atoms with Crippen LogP contribution in [0.25, 0.3) is 0 Å². The Bertz CT molecular complexity index is 627. The van der Waals surface area contributed by atoms with Crippen LogP contribution in [-0.4, -0.2) is 15.0 Å². The van der Waals surface area contributed by atoms with Gasteiger partial charge in [0.2, 0.25) is 0 Å². The van der Waals surface area contributed by atoms with Crippen LogP contribution in [0.1, 0.15) is 5.69 Å². The molecule has 19 heavy (non-hydrogen) atoms. The fourth-order valence-corrected chi connectivity index (χ4v) is 1.78. The summed E-state index contributed by atoms with van der Waals surface area (Å²) in [5, 5.41) is 2.48. The second kappa shape index (κ2) is 5.41. The average molecular weight is 301 g/mol. The number of halogens is 3. The number of nitrogens with one attached hydrogen (secondary N) is 1. The maximum Gasteiger partial charge on any atom is 0.159 e. The van der Waals surface area contributed by atoms with Crippen molar-refractivity contribution in [3.05, 3.63) is 46.9 Å². The number of benzene rings is 1. The average Bonchev–Trinajstić information content (AvgIpc) is 2.34. The Kier molecular flexibility index (Phi) is 3.87. The van der Waals surface area contributed by atoms with Crippen LogP contribution in [0.3, 0.4) is 0 Å². The van der Waals surface area contributed by atoms with Crippen molar-refractivity contribution in [1.82, 2.24) is 9.97 Å². The zero-order chi connectivity index (χ0) is 14.0. The lowest BCUT2D eigenvalue weighted by Gasteiger charge is -2.11. The molecule has 1 aromatic heterocycles. The molecule has 0 aliphatic heterocycles. The third-order valence-corrected chi connectivity index (χ3v) is 2.67. The van der Waals surface area contributed by atoms with E-state index in [-0.39, 0.29) is 27.2 Å². The highest BCUT2D eigenvalue weighted by atomic mass is 35.5. The van der Waals surface area contributed by atoms with Gasteiger partial charge in [0, 0.05) is 18.5 Å². The predicted molar refractivity (Wildman–Crippen MR) is 72.6 cm³/mol. The number of aromatic nitrogens is 2. The van der Waals surface area contributed by atoms with Crippen molar-refractivity contribution in [2.24, 2.45) is 5.73 Å². The maximum atomic E-state index is 13.6. The van der Waals surface area contributed by atoms with Gasteiger partial charge in [-0.3, -0.25) is 0 Å². The van der Waals surface area contributed by atoms with Crippen molar-refractivity contribution in [2.45, 2.75) is 0 Å². The number of hydrogen-bond donors (Lipinski definition) is 2. The van der Waals surface area contributed by atoms with Crippen LogP contribution in [-0.2, 0) is 0 Å². The number of nitrogens with zero attached hydrogens (tertiary/aromatic N) is 2. The minimum atomic E-state index is -0.857. The quantitative estimate of drug-likeness (QED) is 0.853. The summed E-state index contributed by atoms with van der Waals surface area (Å²) < 4.78 is 26.6. The molecule has 0 aliphatic carbocycles. The zero-order valence-corrected chi connectivity index (χ0v) is 10.9. The van der Waals surface area contributed by atoms with Gasteiger partial charge in [-0.25, -0.2) is 18.7 Å². The SMILES string of the molecule is NC(=S)c1nccnc1Nc1c(F)cc(F)cc1Cl. The molecule has 0 aliphatic rings. The van der Waals surface area contributed by atoms with Gasteiger partial charge < -0.3 is 11.1 Å². The number of hydrogen-bond acceptors (Lipinski definition) is 4. The van der Waals surface area contributed by atoms with Crippen molar-refractivity contribution >= 4 is 40.3 Å². The molecule has 0 saturated carbocycles. The minimum absolute atomic E-state index is 0.00533. The summed E-state index contributed by atoms with van der Waals surface area (Å²) in [6.07, 6.45) is 2.77. The topological polar surface area (TPSA) is 63.8 Å². The van der Waals surface area contributed by atoms with E-state index in [4.69, 9.17) is 29.6 Å². The van der Waals surface area contributed by atoms with Crippen molar-refractivity contribution in [2.75, 3.05) is 5.32 Å². The standard InChI is InChI=1S/C11H7ClF2N4S/c12-6-3-5(13)4-7(14)8(6)18-11-9(10(15)19)16-1-2-17-11/h1-4H,(H2,15,19)(H,17,18). The molecule has 2 rings (SSSR count). The molecule has 2 aromatic rings. The third kappa shape index (κ3) is 2.94. The summed E-state index contributed by atoms with van der Waals surface area (Å²) in [6, 6.07) is 1.68. The fourth-order valence-electron chi connectivity index (χ4n) is 1.39. The number of nitrogens with two attached hydrogens (primary N) is 1. The van der Waals surface area contributed by atoms with E-state index in [0.717, 1.165) is 6.07 Å². The summed E-state index contributed by atoms with van der Waals surface area (Å²) in [4.78, 5) is 7.85. The summed E-state index contributed by atoms with van der Waals surface area (Å²) in [6.45, 7) is 0. The number of rotatable bonds is 3. The minimum Gasteiger partial charge on any atom is -0.388 e. The van der Waals surface area contributed by atoms with E-state index in [1.165, 1.54) is 12.4 Å². The summed E-state index contributed by atoms with van der Waals surface area (Å²) in [7, 11) is 0. The van der Waals surface area contributed by atoms with Crippen molar-refractivity contribution in [3.8, 4) is 0 Å².